The lowest BCUT2D eigenvalue weighted by Crippen LogP contribution is -2.09. The summed E-state index contributed by atoms with van der Waals surface area (Å²) in [6.45, 7) is 2.86. The van der Waals surface area contributed by atoms with Crippen LogP contribution in [0.3, 0.4) is 0 Å². The van der Waals surface area contributed by atoms with Crippen LogP contribution in [0.25, 0.3) is 22.0 Å². The number of benzene rings is 2. The fourth-order valence-electron chi connectivity index (χ4n) is 4.15. The van der Waals surface area contributed by atoms with E-state index in [4.69, 9.17) is 9.84 Å². The summed E-state index contributed by atoms with van der Waals surface area (Å²) in [5.41, 5.74) is 5.51. The average molecular weight is 377 g/mol. The molecule has 4 heteroatoms. The van der Waals surface area contributed by atoms with Gasteiger partial charge in [-0.25, -0.2) is 0 Å². The Hall–Kier alpha value is -2.75. The quantitative estimate of drug-likeness (QED) is 0.553. The standard InChI is InChI=1S/C24H27NO3/c1-16-14-25-22-9-8-19(13-20(16)22)21-12-17(7-11-24(26)27)6-10-23(21)28-15-18-4-2-3-5-18/h6,8-10,12-14,18,25H,2-5,7,11,15H2,1H3,(H,26,27). The Morgan fingerprint density at radius 1 is 1.18 bits per heavy atom. The van der Waals surface area contributed by atoms with Crippen molar-refractivity contribution in [3.8, 4) is 16.9 Å². The smallest absolute Gasteiger partial charge is 0.303 e. The minimum atomic E-state index is -0.771. The second-order valence-corrected chi connectivity index (χ2v) is 7.92. The second kappa shape index (κ2) is 8.09. The van der Waals surface area contributed by atoms with Crippen LogP contribution in [0.2, 0.25) is 0 Å². The van der Waals surface area contributed by atoms with E-state index in [0.29, 0.717) is 12.3 Å². The molecule has 146 valence electrons. The fourth-order valence-corrected chi connectivity index (χ4v) is 4.15. The van der Waals surface area contributed by atoms with Gasteiger partial charge in [-0.2, -0.15) is 0 Å². The van der Waals surface area contributed by atoms with E-state index in [-0.39, 0.29) is 6.42 Å². The van der Waals surface area contributed by atoms with Crippen LogP contribution in [0.1, 0.15) is 43.2 Å². The van der Waals surface area contributed by atoms with Gasteiger partial charge in [-0.3, -0.25) is 4.79 Å². The molecule has 0 bridgehead atoms. The molecule has 1 saturated carbocycles. The first-order valence-electron chi connectivity index (χ1n) is 10.2. The predicted octanol–water partition coefficient (Wildman–Crippen LogP) is 5.73. The van der Waals surface area contributed by atoms with Gasteiger partial charge in [0.15, 0.2) is 0 Å². The Labute approximate surface area is 165 Å². The third-order valence-corrected chi connectivity index (χ3v) is 5.82. The van der Waals surface area contributed by atoms with Crippen molar-refractivity contribution in [1.82, 2.24) is 4.98 Å². The number of nitrogens with one attached hydrogen (secondary N) is 1. The number of rotatable bonds is 7. The van der Waals surface area contributed by atoms with E-state index in [1.165, 1.54) is 36.6 Å². The Bertz CT molecular complexity index is 983. The van der Waals surface area contributed by atoms with Gasteiger partial charge in [-0.15, -0.1) is 0 Å². The van der Waals surface area contributed by atoms with Gasteiger partial charge < -0.3 is 14.8 Å². The summed E-state index contributed by atoms with van der Waals surface area (Å²) >= 11 is 0. The first-order valence-corrected chi connectivity index (χ1v) is 10.2. The van der Waals surface area contributed by atoms with Crippen LogP contribution in [0.15, 0.2) is 42.6 Å². The molecule has 0 amide bonds. The van der Waals surface area contributed by atoms with Gasteiger partial charge in [-0.05, 0) is 73.1 Å². The average Bonchev–Trinajstić information content (AvgIpc) is 3.35. The summed E-state index contributed by atoms with van der Waals surface area (Å²) in [6.07, 6.45) is 7.79. The summed E-state index contributed by atoms with van der Waals surface area (Å²) < 4.78 is 6.26. The summed E-state index contributed by atoms with van der Waals surface area (Å²) in [5.74, 6) is 0.764. The molecule has 0 aliphatic heterocycles. The summed E-state index contributed by atoms with van der Waals surface area (Å²) in [6, 6.07) is 12.5. The number of carboxylic acid groups (broad SMARTS) is 1. The van der Waals surface area contributed by atoms with E-state index >= 15 is 0 Å². The third-order valence-electron chi connectivity index (χ3n) is 5.82. The van der Waals surface area contributed by atoms with Crippen LogP contribution in [-0.2, 0) is 11.2 Å². The predicted molar refractivity (Wildman–Crippen MR) is 112 cm³/mol. The number of carboxylic acids is 1. The maximum atomic E-state index is 11.0. The lowest BCUT2D eigenvalue weighted by Gasteiger charge is -2.16. The van der Waals surface area contributed by atoms with Crippen LogP contribution in [0, 0.1) is 12.8 Å². The lowest BCUT2D eigenvalue weighted by molar-refractivity contribution is -0.136. The van der Waals surface area contributed by atoms with Crippen LogP contribution >= 0.6 is 0 Å². The number of carbonyl (C=O) groups is 1. The van der Waals surface area contributed by atoms with Gasteiger partial charge in [0.1, 0.15) is 5.75 Å². The van der Waals surface area contributed by atoms with E-state index in [1.807, 2.05) is 18.3 Å². The SMILES string of the molecule is Cc1c[nH]c2ccc(-c3cc(CCC(=O)O)ccc3OCC3CCCC3)cc12. The molecule has 4 rings (SSSR count). The van der Waals surface area contributed by atoms with Crippen molar-refractivity contribution >= 4 is 16.9 Å². The summed E-state index contributed by atoms with van der Waals surface area (Å²) in [5, 5.41) is 10.2. The van der Waals surface area contributed by atoms with Gasteiger partial charge in [0, 0.05) is 29.1 Å². The van der Waals surface area contributed by atoms with Crippen molar-refractivity contribution in [3.05, 3.63) is 53.7 Å². The van der Waals surface area contributed by atoms with Crippen LogP contribution in [0.5, 0.6) is 5.75 Å². The molecule has 0 spiro atoms. The first kappa shape index (κ1) is 18.6. The number of fused-ring (bicyclic) bond motifs is 1. The van der Waals surface area contributed by atoms with Crippen molar-refractivity contribution in [2.75, 3.05) is 6.61 Å². The van der Waals surface area contributed by atoms with Crippen LogP contribution in [-0.4, -0.2) is 22.7 Å². The molecular weight excluding hydrogens is 350 g/mol. The topological polar surface area (TPSA) is 62.3 Å². The highest BCUT2D eigenvalue weighted by Gasteiger charge is 2.17. The molecule has 1 heterocycles. The van der Waals surface area contributed by atoms with Crippen molar-refractivity contribution in [3.63, 3.8) is 0 Å². The number of aromatic amines is 1. The summed E-state index contributed by atoms with van der Waals surface area (Å²) in [7, 11) is 0. The second-order valence-electron chi connectivity index (χ2n) is 7.92. The molecule has 28 heavy (non-hydrogen) atoms. The number of ether oxygens (including phenoxy) is 1. The highest BCUT2D eigenvalue weighted by atomic mass is 16.5. The first-order chi connectivity index (χ1) is 13.6. The van der Waals surface area contributed by atoms with Crippen LogP contribution in [0.4, 0.5) is 0 Å². The molecule has 3 aromatic rings. The number of hydrogen-bond acceptors (Lipinski definition) is 2. The van der Waals surface area contributed by atoms with Crippen molar-refractivity contribution in [2.45, 2.75) is 45.4 Å². The molecule has 1 aliphatic carbocycles. The van der Waals surface area contributed by atoms with Gasteiger partial charge in [0.25, 0.3) is 0 Å². The van der Waals surface area contributed by atoms with Gasteiger partial charge in [-0.1, -0.05) is 25.0 Å². The van der Waals surface area contributed by atoms with Gasteiger partial charge in [0.05, 0.1) is 6.61 Å². The molecule has 0 atom stereocenters. The minimum Gasteiger partial charge on any atom is -0.493 e. The zero-order chi connectivity index (χ0) is 19.5. The number of aromatic nitrogens is 1. The summed E-state index contributed by atoms with van der Waals surface area (Å²) in [4.78, 5) is 14.3. The molecule has 1 aliphatic rings. The largest absolute Gasteiger partial charge is 0.493 e. The highest BCUT2D eigenvalue weighted by Crippen LogP contribution is 2.35. The number of H-pyrrole nitrogens is 1. The molecular formula is C24H27NO3. The Kier molecular flexibility index (Phi) is 5.38. The van der Waals surface area contributed by atoms with Crippen molar-refractivity contribution in [2.24, 2.45) is 5.92 Å². The fraction of sp³-hybridized carbons (Fsp3) is 0.375. The van der Waals surface area contributed by atoms with E-state index in [9.17, 15) is 4.79 Å². The minimum absolute atomic E-state index is 0.137. The maximum Gasteiger partial charge on any atom is 0.303 e. The van der Waals surface area contributed by atoms with Crippen molar-refractivity contribution in [1.29, 1.82) is 0 Å². The maximum absolute atomic E-state index is 11.0. The molecule has 0 unspecified atom stereocenters. The van der Waals surface area contributed by atoms with E-state index in [2.05, 4.69) is 36.2 Å². The van der Waals surface area contributed by atoms with Crippen LogP contribution < -0.4 is 4.74 Å². The number of aryl methyl sites for hydroxylation is 2. The molecule has 1 fully saturated rings. The van der Waals surface area contributed by atoms with E-state index < -0.39 is 5.97 Å². The zero-order valence-electron chi connectivity index (χ0n) is 16.3. The Balaban J connectivity index is 1.67. The van der Waals surface area contributed by atoms with E-state index in [1.54, 1.807) is 0 Å². The molecule has 1 aromatic heterocycles. The normalized spacial score (nSPS) is 14.6. The number of aliphatic carboxylic acids is 1. The molecule has 0 radical (unpaired) electrons. The molecule has 4 nitrogen and oxygen atoms in total. The third kappa shape index (κ3) is 4.06. The molecule has 2 N–H and O–H groups in total. The Morgan fingerprint density at radius 3 is 2.79 bits per heavy atom. The lowest BCUT2D eigenvalue weighted by atomic mass is 9.98. The molecule has 0 saturated heterocycles. The van der Waals surface area contributed by atoms with Gasteiger partial charge in [0.2, 0.25) is 0 Å². The highest BCUT2D eigenvalue weighted by molar-refractivity contribution is 5.88. The zero-order valence-corrected chi connectivity index (χ0v) is 16.3. The molecule has 2 aromatic carbocycles. The van der Waals surface area contributed by atoms with Crippen molar-refractivity contribution < 1.29 is 14.6 Å². The van der Waals surface area contributed by atoms with Gasteiger partial charge >= 0.3 is 5.97 Å². The van der Waals surface area contributed by atoms with E-state index in [0.717, 1.165) is 34.6 Å². The Morgan fingerprint density at radius 2 is 2.00 bits per heavy atom. The number of hydrogen-bond donors (Lipinski definition) is 2. The monoisotopic (exact) mass is 377 g/mol.